The van der Waals surface area contributed by atoms with E-state index in [-0.39, 0.29) is 11.5 Å². The van der Waals surface area contributed by atoms with Crippen molar-refractivity contribution >= 4 is 11.8 Å². The maximum absolute atomic E-state index is 13.3. The predicted octanol–water partition coefficient (Wildman–Crippen LogP) is 0.0334. The van der Waals surface area contributed by atoms with Crippen LogP contribution in [0.2, 0.25) is 0 Å². The number of nitrogens with one attached hydrogen (secondary N) is 1. The number of nitrogens with zero attached hydrogens (tertiary/aromatic N) is 1. The quantitative estimate of drug-likeness (QED) is 0.792. The van der Waals surface area contributed by atoms with Crippen molar-refractivity contribution in [3.05, 3.63) is 35.1 Å². The maximum atomic E-state index is 13.3. The number of amides is 2. The number of nitrogens with two attached hydrogens (primary N) is 1. The number of rotatable bonds is 2. The summed E-state index contributed by atoms with van der Waals surface area (Å²) in [6.07, 6.45) is 0. The highest BCUT2D eigenvalue weighted by atomic mass is 19.1. The summed E-state index contributed by atoms with van der Waals surface area (Å²) in [7, 11) is 0. The Morgan fingerprint density at radius 2 is 2.21 bits per heavy atom. The van der Waals surface area contributed by atoms with E-state index in [9.17, 15) is 14.0 Å². The fourth-order valence-corrected chi connectivity index (χ4v) is 2.18. The molecular weight excluding hydrogens is 249 g/mol. The smallest absolute Gasteiger partial charge is 0.255 e. The van der Waals surface area contributed by atoms with Gasteiger partial charge in [0.15, 0.2) is 0 Å². The second-order valence-electron chi connectivity index (χ2n) is 4.58. The zero-order valence-corrected chi connectivity index (χ0v) is 10.6. The molecule has 1 unspecified atom stereocenters. The summed E-state index contributed by atoms with van der Waals surface area (Å²) in [5.74, 6) is -1.39. The third-order valence-electron chi connectivity index (χ3n) is 3.26. The van der Waals surface area contributed by atoms with Crippen LogP contribution < -0.4 is 11.1 Å². The summed E-state index contributed by atoms with van der Waals surface area (Å²) in [4.78, 5) is 25.2. The molecule has 1 aliphatic heterocycles. The van der Waals surface area contributed by atoms with Crippen molar-refractivity contribution in [2.24, 2.45) is 5.73 Å². The minimum atomic E-state index is -0.691. The molecule has 3 N–H and O–H groups in total. The number of piperazine rings is 1. The van der Waals surface area contributed by atoms with Gasteiger partial charge in [-0.2, -0.15) is 0 Å². The molecule has 1 aromatic rings. The first-order chi connectivity index (χ1) is 9.00. The second-order valence-corrected chi connectivity index (χ2v) is 4.58. The summed E-state index contributed by atoms with van der Waals surface area (Å²) in [6, 6.07) is 3.35. The molecule has 1 atom stereocenters. The fraction of sp³-hybridized carbons (Fsp3) is 0.385. The minimum Gasteiger partial charge on any atom is -0.368 e. The lowest BCUT2D eigenvalue weighted by Gasteiger charge is -2.34. The Hall–Kier alpha value is -1.95. The normalized spacial score (nSPS) is 19.3. The summed E-state index contributed by atoms with van der Waals surface area (Å²) in [6.45, 7) is 3.02. The van der Waals surface area contributed by atoms with E-state index in [2.05, 4.69) is 5.32 Å². The fourth-order valence-electron chi connectivity index (χ4n) is 2.18. The van der Waals surface area contributed by atoms with Crippen LogP contribution in [0.1, 0.15) is 15.9 Å². The molecule has 0 aliphatic carbocycles. The van der Waals surface area contributed by atoms with Crippen molar-refractivity contribution in [2.45, 2.75) is 13.0 Å². The van der Waals surface area contributed by atoms with Crippen molar-refractivity contribution < 1.29 is 14.0 Å². The molecule has 1 aliphatic rings. The summed E-state index contributed by atoms with van der Waals surface area (Å²) >= 11 is 0. The molecule has 2 rings (SSSR count). The van der Waals surface area contributed by atoms with Gasteiger partial charge < -0.3 is 16.0 Å². The Morgan fingerprint density at radius 3 is 2.89 bits per heavy atom. The van der Waals surface area contributed by atoms with Crippen molar-refractivity contribution in [3.8, 4) is 0 Å². The summed E-state index contributed by atoms with van der Waals surface area (Å²) in [5.41, 5.74) is 6.24. The zero-order valence-electron chi connectivity index (χ0n) is 10.6. The molecular formula is C13H16FN3O2. The Balaban J connectivity index is 2.31. The van der Waals surface area contributed by atoms with Gasteiger partial charge in [0.1, 0.15) is 11.9 Å². The number of hydrogen-bond acceptors (Lipinski definition) is 3. The highest BCUT2D eigenvalue weighted by Gasteiger charge is 2.31. The predicted molar refractivity (Wildman–Crippen MR) is 68.0 cm³/mol. The van der Waals surface area contributed by atoms with Gasteiger partial charge in [-0.3, -0.25) is 9.59 Å². The van der Waals surface area contributed by atoms with Gasteiger partial charge in [-0.05, 0) is 24.6 Å². The molecule has 1 aromatic carbocycles. The molecule has 102 valence electrons. The van der Waals surface area contributed by atoms with Crippen LogP contribution in [0.3, 0.4) is 0 Å². The molecule has 1 fully saturated rings. The van der Waals surface area contributed by atoms with Crippen LogP contribution in [0, 0.1) is 12.7 Å². The average molecular weight is 265 g/mol. The standard InChI is InChI=1S/C13H16FN3O2/c1-8-2-3-9(14)6-10(8)13(19)17-5-4-16-7-11(17)12(15)18/h2-3,6,11,16H,4-5,7H2,1H3,(H2,15,18). The van der Waals surface area contributed by atoms with Crippen LogP contribution >= 0.6 is 0 Å². The first-order valence-electron chi connectivity index (χ1n) is 6.08. The number of halogens is 1. The average Bonchev–Trinajstić information content (AvgIpc) is 2.40. The first kappa shape index (κ1) is 13.5. The number of benzene rings is 1. The molecule has 0 aromatic heterocycles. The largest absolute Gasteiger partial charge is 0.368 e. The number of carbonyl (C=O) groups excluding carboxylic acids is 2. The number of hydrogen-bond donors (Lipinski definition) is 2. The van der Waals surface area contributed by atoms with Crippen LogP contribution in [0.5, 0.6) is 0 Å². The second kappa shape index (κ2) is 5.36. The zero-order chi connectivity index (χ0) is 14.0. The summed E-state index contributed by atoms with van der Waals surface area (Å²) < 4.78 is 13.3. The van der Waals surface area contributed by atoms with E-state index in [0.717, 1.165) is 0 Å². The van der Waals surface area contributed by atoms with Crippen molar-refractivity contribution in [1.82, 2.24) is 10.2 Å². The van der Waals surface area contributed by atoms with Crippen LogP contribution in [0.4, 0.5) is 4.39 Å². The molecule has 0 spiro atoms. The van der Waals surface area contributed by atoms with E-state index >= 15 is 0 Å². The van der Waals surface area contributed by atoms with E-state index in [1.54, 1.807) is 13.0 Å². The molecule has 0 radical (unpaired) electrons. The van der Waals surface area contributed by atoms with Gasteiger partial charge in [0.05, 0.1) is 0 Å². The van der Waals surface area contributed by atoms with Gasteiger partial charge >= 0.3 is 0 Å². The van der Waals surface area contributed by atoms with E-state index in [4.69, 9.17) is 5.73 Å². The van der Waals surface area contributed by atoms with Gasteiger partial charge in [-0.1, -0.05) is 6.07 Å². The lowest BCUT2D eigenvalue weighted by atomic mass is 10.0. The lowest BCUT2D eigenvalue weighted by Crippen LogP contribution is -2.58. The molecule has 0 saturated carbocycles. The van der Waals surface area contributed by atoms with Crippen LogP contribution in [0.15, 0.2) is 18.2 Å². The minimum absolute atomic E-state index is 0.271. The van der Waals surface area contributed by atoms with Crippen molar-refractivity contribution in [3.63, 3.8) is 0 Å². The molecule has 0 bridgehead atoms. The molecule has 19 heavy (non-hydrogen) atoms. The van der Waals surface area contributed by atoms with E-state index in [1.165, 1.54) is 17.0 Å². The SMILES string of the molecule is Cc1ccc(F)cc1C(=O)N1CCNCC1C(N)=O. The molecule has 5 nitrogen and oxygen atoms in total. The molecule has 2 amide bonds. The Bertz CT molecular complexity index is 519. The van der Waals surface area contributed by atoms with Gasteiger partial charge in [-0.25, -0.2) is 4.39 Å². The van der Waals surface area contributed by atoms with Gasteiger partial charge in [0.25, 0.3) is 5.91 Å². The van der Waals surface area contributed by atoms with E-state index in [0.29, 0.717) is 25.2 Å². The Morgan fingerprint density at radius 1 is 1.47 bits per heavy atom. The van der Waals surface area contributed by atoms with Gasteiger partial charge in [0, 0.05) is 25.2 Å². The number of carbonyl (C=O) groups is 2. The van der Waals surface area contributed by atoms with Crippen molar-refractivity contribution in [2.75, 3.05) is 19.6 Å². The monoisotopic (exact) mass is 265 g/mol. The Kier molecular flexibility index (Phi) is 3.80. The molecule has 1 heterocycles. The third kappa shape index (κ3) is 2.73. The maximum Gasteiger partial charge on any atom is 0.255 e. The molecule has 6 heteroatoms. The first-order valence-corrected chi connectivity index (χ1v) is 6.08. The Labute approximate surface area is 110 Å². The highest BCUT2D eigenvalue weighted by Crippen LogP contribution is 2.15. The number of aryl methyl sites for hydroxylation is 1. The topological polar surface area (TPSA) is 75.4 Å². The highest BCUT2D eigenvalue weighted by molar-refractivity contribution is 5.98. The van der Waals surface area contributed by atoms with Gasteiger partial charge in [0.2, 0.25) is 5.91 Å². The number of primary amides is 1. The van der Waals surface area contributed by atoms with Crippen LogP contribution in [-0.4, -0.2) is 42.4 Å². The van der Waals surface area contributed by atoms with Crippen molar-refractivity contribution in [1.29, 1.82) is 0 Å². The molecule has 1 saturated heterocycles. The third-order valence-corrected chi connectivity index (χ3v) is 3.26. The lowest BCUT2D eigenvalue weighted by molar-refractivity contribution is -0.122. The van der Waals surface area contributed by atoms with Gasteiger partial charge in [-0.15, -0.1) is 0 Å². The van der Waals surface area contributed by atoms with E-state index < -0.39 is 17.8 Å². The van der Waals surface area contributed by atoms with Crippen LogP contribution in [-0.2, 0) is 4.79 Å². The summed E-state index contributed by atoms with van der Waals surface area (Å²) in [5, 5.41) is 3.01. The van der Waals surface area contributed by atoms with E-state index in [1.807, 2.05) is 0 Å². The van der Waals surface area contributed by atoms with Crippen LogP contribution in [0.25, 0.3) is 0 Å².